The van der Waals surface area contributed by atoms with Gasteiger partial charge in [-0.15, -0.1) is 0 Å². The number of nitrogens with zero attached hydrogens (tertiary/aromatic N) is 3. The lowest BCUT2D eigenvalue weighted by molar-refractivity contribution is -0.140. The third-order valence-electron chi connectivity index (χ3n) is 5.38. The zero-order valence-corrected chi connectivity index (χ0v) is 16.9. The maximum Gasteiger partial charge on any atom is 0.295 e. The highest BCUT2D eigenvalue weighted by atomic mass is 16.3. The summed E-state index contributed by atoms with van der Waals surface area (Å²) < 4.78 is 7.47. The molecule has 1 atom stereocenters. The summed E-state index contributed by atoms with van der Waals surface area (Å²) in [4.78, 5) is 31.3. The highest BCUT2D eigenvalue weighted by Gasteiger charge is 2.47. The van der Waals surface area contributed by atoms with Crippen molar-refractivity contribution >= 4 is 17.4 Å². The molecule has 3 aromatic rings. The van der Waals surface area contributed by atoms with Crippen LogP contribution in [0.3, 0.4) is 0 Å². The van der Waals surface area contributed by atoms with Gasteiger partial charge < -0.3 is 19.0 Å². The standard InChI is InChI=1S/C23H23N3O4/c1-15-6-7-16(2)17(13-15)21(27)19-20(18-5-3-12-30-18)26(23(29)22(19)28)10-4-9-25-11-8-24-14-25/h3,5-8,11-14,20,27H,4,9-10H2,1-2H3/t20-/m1/s1. The molecule has 3 heterocycles. The van der Waals surface area contributed by atoms with Gasteiger partial charge in [0, 0.05) is 31.0 Å². The lowest BCUT2D eigenvalue weighted by Crippen LogP contribution is -2.31. The minimum absolute atomic E-state index is 0.0614. The Labute approximate surface area is 174 Å². The number of carbonyl (C=O) groups excluding carboxylic acids is 2. The molecule has 0 saturated carbocycles. The summed E-state index contributed by atoms with van der Waals surface area (Å²) in [6.07, 6.45) is 7.37. The van der Waals surface area contributed by atoms with Gasteiger partial charge in [-0.3, -0.25) is 9.59 Å². The number of rotatable bonds is 6. The van der Waals surface area contributed by atoms with Gasteiger partial charge in [0.1, 0.15) is 17.6 Å². The lowest BCUT2D eigenvalue weighted by Gasteiger charge is -2.23. The second-order valence-electron chi connectivity index (χ2n) is 7.48. The number of Topliss-reactive ketones (excluding diaryl/α,β-unsaturated/α-hetero) is 1. The van der Waals surface area contributed by atoms with Crippen LogP contribution in [0.15, 0.2) is 65.3 Å². The van der Waals surface area contributed by atoms with E-state index < -0.39 is 17.7 Å². The van der Waals surface area contributed by atoms with E-state index in [4.69, 9.17) is 4.42 Å². The minimum atomic E-state index is -0.761. The van der Waals surface area contributed by atoms with Gasteiger partial charge in [-0.2, -0.15) is 0 Å². The van der Waals surface area contributed by atoms with Gasteiger partial charge in [-0.25, -0.2) is 4.98 Å². The van der Waals surface area contributed by atoms with E-state index in [-0.39, 0.29) is 11.3 Å². The molecule has 30 heavy (non-hydrogen) atoms. The van der Waals surface area contributed by atoms with Crippen molar-refractivity contribution < 1.29 is 19.1 Å². The number of amides is 1. The van der Waals surface area contributed by atoms with Crippen molar-refractivity contribution in [3.05, 3.63) is 83.3 Å². The predicted molar refractivity (Wildman–Crippen MR) is 110 cm³/mol. The number of aromatic nitrogens is 2. The Morgan fingerprint density at radius 3 is 2.73 bits per heavy atom. The van der Waals surface area contributed by atoms with Gasteiger partial charge in [0.15, 0.2) is 0 Å². The highest BCUT2D eigenvalue weighted by Crippen LogP contribution is 2.40. The van der Waals surface area contributed by atoms with E-state index in [0.29, 0.717) is 30.8 Å². The molecule has 7 heteroatoms. The van der Waals surface area contributed by atoms with Gasteiger partial charge >= 0.3 is 0 Å². The maximum absolute atomic E-state index is 13.0. The first kappa shape index (κ1) is 19.7. The van der Waals surface area contributed by atoms with Crippen LogP contribution in [-0.2, 0) is 16.1 Å². The largest absolute Gasteiger partial charge is 0.507 e. The number of aliphatic hydroxyl groups excluding tert-OH is 1. The first-order valence-corrected chi connectivity index (χ1v) is 9.82. The fraction of sp³-hybridized carbons (Fsp3) is 0.261. The number of furan rings is 1. The van der Waals surface area contributed by atoms with E-state index in [1.165, 1.54) is 11.2 Å². The molecule has 1 aliphatic heterocycles. The molecular formula is C23H23N3O4. The van der Waals surface area contributed by atoms with Gasteiger partial charge in [-0.05, 0) is 44.0 Å². The Kier molecular flexibility index (Phi) is 5.27. The summed E-state index contributed by atoms with van der Waals surface area (Å²) in [6, 6.07) is 8.30. The van der Waals surface area contributed by atoms with Crippen LogP contribution < -0.4 is 0 Å². The van der Waals surface area contributed by atoms with E-state index >= 15 is 0 Å². The molecule has 1 aromatic carbocycles. The second-order valence-corrected chi connectivity index (χ2v) is 7.48. The Morgan fingerprint density at radius 2 is 2.03 bits per heavy atom. The van der Waals surface area contributed by atoms with E-state index in [1.54, 1.807) is 24.7 Å². The molecule has 7 nitrogen and oxygen atoms in total. The van der Waals surface area contributed by atoms with E-state index in [1.807, 2.05) is 42.8 Å². The van der Waals surface area contributed by atoms with Crippen LogP contribution >= 0.6 is 0 Å². The monoisotopic (exact) mass is 405 g/mol. The molecule has 0 aliphatic carbocycles. The summed E-state index contributed by atoms with van der Waals surface area (Å²) in [6.45, 7) is 4.77. The van der Waals surface area contributed by atoms with Crippen LogP contribution in [0.25, 0.3) is 5.76 Å². The van der Waals surface area contributed by atoms with Gasteiger partial charge in [0.05, 0.1) is 18.2 Å². The number of aryl methyl sites for hydroxylation is 3. The van der Waals surface area contributed by atoms with Gasteiger partial charge in [0.2, 0.25) is 0 Å². The van der Waals surface area contributed by atoms with Crippen LogP contribution in [0.2, 0.25) is 0 Å². The van der Waals surface area contributed by atoms with Crippen molar-refractivity contribution in [3.63, 3.8) is 0 Å². The van der Waals surface area contributed by atoms with Crippen molar-refractivity contribution in [2.45, 2.75) is 32.9 Å². The Morgan fingerprint density at radius 1 is 1.20 bits per heavy atom. The van der Waals surface area contributed by atoms with E-state index in [2.05, 4.69) is 4.98 Å². The van der Waals surface area contributed by atoms with Crippen LogP contribution in [0.5, 0.6) is 0 Å². The number of carbonyl (C=O) groups is 2. The summed E-state index contributed by atoms with van der Waals surface area (Å²) in [7, 11) is 0. The quantitative estimate of drug-likeness (QED) is 0.385. The average Bonchev–Trinajstić information content (AvgIpc) is 3.47. The normalized spacial score (nSPS) is 18.3. The highest BCUT2D eigenvalue weighted by molar-refractivity contribution is 6.46. The molecule has 1 saturated heterocycles. The fourth-order valence-corrected chi connectivity index (χ4v) is 3.83. The molecule has 0 bridgehead atoms. The SMILES string of the molecule is Cc1ccc(C)c(C(O)=C2C(=O)C(=O)N(CCCn3ccnc3)[C@@H]2c2ccco2)c1. The van der Waals surface area contributed by atoms with Gasteiger partial charge in [-0.1, -0.05) is 17.7 Å². The number of hydrogen-bond donors (Lipinski definition) is 1. The first-order valence-electron chi connectivity index (χ1n) is 9.82. The van der Waals surface area contributed by atoms with Crippen LogP contribution in [0, 0.1) is 13.8 Å². The van der Waals surface area contributed by atoms with Crippen molar-refractivity contribution in [2.75, 3.05) is 6.54 Å². The van der Waals surface area contributed by atoms with Crippen molar-refractivity contribution in [1.29, 1.82) is 0 Å². The second kappa shape index (κ2) is 8.02. The molecule has 1 fully saturated rings. The molecule has 4 rings (SSSR count). The minimum Gasteiger partial charge on any atom is -0.507 e. The third-order valence-corrected chi connectivity index (χ3v) is 5.38. The summed E-state index contributed by atoms with van der Waals surface area (Å²) in [5.74, 6) is -1.05. The van der Waals surface area contributed by atoms with E-state index in [0.717, 1.165) is 11.1 Å². The van der Waals surface area contributed by atoms with Gasteiger partial charge in [0.25, 0.3) is 11.7 Å². The zero-order valence-electron chi connectivity index (χ0n) is 16.9. The number of aliphatic hydroxyl groups is 1. The first-order chi connectivity index (χ1) is 14.5. The molecule has 1 aliphatic rings. The molecule has 0 radical (unpaired) electrons. The molecular weight excluding hydrogens is 382 g/mol. The Balaban J connectivity index is 1.73. The Hall–Kier alpha value is -3.61. The summed E-state index contributed by atoms with van der Waals surface area (Å²) in [5.41, 5.74) is 2.38. The third kappa shape index (κ3) is 3.54. The number of ketones is 1. The molecule has 1 N–H and O–H groups in total. The topological polar surface area (TPSA) is 88.6 Å². The lowest BCUT2D eigenvalue weighted by atomic mass is 9.96. The number of likely N-dealkylation sites (tertiary alicyclic amines) is 1. The predicted octanol–water partition coefficient (Wildman–Crippen LogP) is 3.60. The molecule has 0 spiro atoms. The van der Waals surface area contributed by atoms with Crippen LogP contribution in [0.1, 0.15) is 34.9 Å². The average molecular weight is 405 g/mol. The molecule has 154 valence electrons. The zero-order chi connectivity index (χ0) is 21.3. The molecule has 0 unspecified atom stereocenters. The number of hydrogen-bond acceptors (Lipinski definition) is 5. The fourth-order valence-electron chi connectivity index (χ4n) is 3.83. The smallest absolute Gasteiger partial charge is 0.295 e. The van der Waals surface area contributed by atoms with E-state index in [9.17, 15) is 14.7 Å². The maximum atomic E-state index is 13.0. The van der Waals surface area contributed by atoms with Crippen LogP contribution in [0.4, 0.5) is 0 Å². The molecule has 1 amide bonds. The number of benzene rings is 1. The van der Waals surface area contributed by atoms with Crippen molar-refractivity contribution in [3.8, 4) is 0 Å². The Bertz CT molecular complexity index is 1100. The summed E-state index contributed by atoms with van der Waals surface area (Å²) >= 11 is 0. The molecule has 2 aromatic heterocycles. The van der Waals surface area contributed by atoms with Crippen molar-refractivity contribution in [1.82, 2.24) is 14.5 Å². The summed E-state index contributed by atoms with van der Waals surface area (Å²) in [5, 5.41) is 11.1. The van der Waals surface area contributed by atoms with Crippen molar-refractivity contribution in [2.24, 2.45) is 0 Å². The van der Waals surface area contributed by atoms with Crippen LogP contribution in [-0.4, -0.2) is 37.8 Å². The number of imidazole rings is 1.